The van der Waals surface area contributed by atoms with Crippen molar-refractivity contribution in [2.45, 2.75) is 17.9 Å². The molecule has 4 heteroatoms. The summed E-state index contributed by atoms with van der Waals surface area (Å²) in [5.41, 5.74) is 0.943. The first-order valence-electron chi connectivity index (χ1n) is 5.10. The summed E-state index contributed by atoms with van der Waals surface area (Å²) < 4.78 is 38.4. The second-order valence-corrected chi connectivity index (χ2v) is 4.84. The molecule has 0 aromatic heterocycles. The van der Waals surface area contributed by atoms with Gasteiger partial charge in [0.15, 0.2) is 0 Å². The lowest BCUT2D eigenvalue weighted by Crippen LogP contribution is -2.16. The van der Waals surface area contributed by atoms with Crippen molar-refractivity contribution < 1.29 is 13.2 Å². The van der Waals surface area contributed by atoms with Gasteiger partial charge >= 0.3 is 6.18 Å². The van der Waals surface area contributed by atoms with Gasteiger partial charge in [-0.25, -0.2) is 0 Å². The van der Waals surface area contributed by atoms with Crippen LogP contribution in [0.4, 0.5) is 13.2 Å². The first-order valence-corrected chi connectivity index (χ1v) is 6.02. The molecule has 2 aromatic rings. The SMILES string of the molecule is Cc1ccc2ccccc2c1C(Br)C(F)(F)F. The van der Waals surface area contributed by atoms with Gasteiger partial charge in [-0.2, -0.15) is 13.2 Å². The molecular formula is C13H10BrF3. The van der Waals surface area contributed by atoms with Gasteiger partial charge < -0.3 is 0 Å². The molecule has 17 heavy (non-hydrogen) atoms. The number of fused-ring (bicyclic) bond motifs is 1. The summed E-state index contributed by atoms with van der Waals surface area (Å²) in [6, 6.07) is 10.7. The topological polar surface area (TPSA) is 0 Å². The van der Waals surface area contributed by atoms with Crippen molar-refractivity contribution in [1.29, 1.82) is 0 Å². The predicted octanol–water partition coefficient (Wildman–Crippen LogP) is 5.15. The predicted molar refractivity (Wildman–Crippen MR) is 66.4 cm³/mol. The van der Waals surface area contributed by atoms with Crippen LogP contribution in [0.3, 0.4) is 0 Å². The van der Waals surface area contributed by atoms with Gasteiger partial charge in [-0.05, 0) is 28.8 Å². The maximum absolute atomic E-state index is 12.8. The molecule has 0 heterocycles. The van der Waals surface area contributed by atoms with Crippen molar-refractivity contribution in [3.63, 3.8) is 0 Å². The lowest BCUT2D eigenvalue weighted by Gasteiger charge is -2.18. The van der Waals surface area contributed by atoms with Crippen molar-refractivity contribution in [3.8, 4) is 0 Å². The highest BCUT2D eigenvalue weighted by atomic mass is 79.9. The summed E-state index contributed by atoms with van der Waals surface area (Å²) in [5.74, 6) is 0. The molecule has 1 unspecified atom stereocenters. The van der Waals surface area contributed by atoms with Gasteiger partial charge in [0.1, 0.15) is 4.83 Å². The van der Waals surface area contributed by atoms with Gasteiger partial charge in [-0.1, -0.05) is 52.3 Å². The Morgan fingerprint density at radius 2 is 1.71 bits per heavy atom. The zero-order valence-electron chi connectivity index (χ0n) is 9.05. The number of hydrogen-bond donors (Lipinski definition) is 0. The van der Waals surface area contributed by atoms with E-state index in [0.717, 1.165) is 5.39 Å². The molecule has 0 aliphatic carbocycles. The van der Waals surface area contributed by atoms with Gasteiger partial charge in [0.2, 0.25) is 0 Å². The molecule has 0 bridgehead atoms. The quantitative estimate of drug-likeness (QED) is 0.639. The first-order chi connectivity index (χ1) is 7.91. The van der Waals surface area contributed by atoms with Crippen molar-refractivity contribution in [3.05, 3.63) is 47.5 Å². The first kappa shape index (κ1) is 12.4. The Morgan fingerprint density at radius 3 is 2.35 bits per heavy atom. The zero-order chi connectivity index (χ0) is 12.6. The Bertz CT molecular complexity index is 546. The van der Waals surface area contributed by atoms with Crippen LogP contribution in [-0.2, 0) is 0 Å². The third kappa shape index (κ3) is 2.32. The third-order valence-corrected chi connectivity index (χ3v) is 3.71. The van der Waals surface area contributed by atoms with Crippen LogP contribution in [0.1, 0.15) is 16.0 Å². The summed E-state index contributed by atoms with van der Waals surface area (Å²) in [4.78, 5) is -1.62. The third-order valence-electron chi connectivity index (χ3n) is 2.73. The van der Waals surface area contributed by atoms with E-state index in [-0.39, 0.29) is 0 Å². The molecular weight excluding hydrogens is 293 g/mol. The van der Waals surface area contributed by atoms with Crippen LogP contribution < -0.4 is 0 Å². The minimum absolute atomic E-state index is 0.301. The fourth-order valence-corrected chi connectivity index (χ4v) is 2.51. The van der Waals surface area contributed by atoms with Crippen LogP contribution in [0.15, 0.2) is 36.4 Å². The van der Waals surface area contributed by atoms with E-state index < -0.39 is 11.0 Å². The van der Waals surface area contributed by atoms with E-state index in [0.29, 0.717) is 16.5 Å². The van der Waals surface area contributed by atoms with Crippen LogP contribution in [-0.4, -0.2) is 6.18 Å². The van der Waals surface area contributed by atoms with E-state index in [1.165, 1.54) is 0 Å². The molecule has 0 amide bonds. The number of benzene rings is 2. The lowest BCUT2D eigenvalue weighted by atomic mass is 9.97. The number of alkyl halides is 4. The van der Waals surface area contributed by atoms with E-state index in [2.05, 4.69) is 15.9 Å². The summed E-state index contributed by atoms with van der Waals surface area (Å²) in [7, 11) is 0. The Kier molecular flexibility index (Phi) is 3.17. The van der Waals surface area contributed by atoms with Crippen molar-refractivity contribution >= 4 is 26.7 Å². The van der Waals surface area contributed by atoms with Gasteiger partial charge in [0.25, 0.3) is 0 Å². The van der Waals surface area contributed by atoms with Gasteiger partial charge in [0.05, 0.1) is 0 Å². The molecule has 0 saturated carbocycles. The smallest absolute Gasteiger partial charge is 0.169 e. The van der Waals surface area contributed by atoms with Crippen LogP contribution >= 0.6 is 15.9 Å². The maximum atomic E-state index is 12.8. The molecule has 0 fully saturated rings. The van der Waals surface area contributed by atoms with E-state index in [9.17, 15) is 13.2 Å². The summed E-state index contributed by atoms with van der Waals surface area (Å²) in [6.07, 6.45) is -4.28. The largest absolute Gasteiger partial charge is 0.405 e. The van der Waals surface area contributed by atoms with Crippen LogP contribution in [0, 0.1) is 6.92 Å². The van der Waals surface area contributed by atoms with Crippen molar-refractivity contribution in [2.75, 3.05) is 0 Å². The van der Waals surface area contributed by atoms with E-state index >= 15 is 0 Å². The average molecular weight is 303 g/mol. The Hall–Kier alpha value is -1.03. The van der Waals surface area contributed by atoms with Gasteiger partial charge in [-0.15, -0.1) is 0 Å². The van der Waals surface area contributed by atoms with Crippen LogP contribution in [0.5, 0.6) is 0 Å². The summed E-state index contributed by atoms with van der Waals surface area (Å²) in [6.45, 7) is 1.70. The second kappa shape index (κ2) is 4.33. The molecule has 0 N–H and O–H groups in total. The number of aryl methyl sites for hydroxylation is 1. The van der Waals surface area contributed by atoms with Gasteiger partial charge in [-0.3, -0.25) is 0 Å². The molecule has 0 spiro atoms. The lowest BCUT2D eigenvalue weighted by molar-refractivity contribution is -0.128. The molecule has 90 valence electrons. The molecule has 2 aromatic carbocycles. The molecule has 0 nitrogen and oxygen atoms in total. The van der Waals surface area contributed by atoms with Crippen molar-refractivity contribution in [1.82, 2.24) is 0 Å². The molecule has 0 saturated heterocycles. The number of rotatable bonds is 1. The highest BCUT2D eigenvalue weighted by Crippen LogP contribution is 2.43. The normalized spacial score (nSPS) is 13.9. The standard InChI is InChI=1S/C13H10BrF3/c1-8-6-7-9-4-2-3-5-10(9)11(8)12(14)13(15,16)17/h2-7,12H,1H3. The van der Waals surface area contributed by atoms with Crippen LogP contribution in [0.2, 0.25) is 0 Å². The minimum Gasteiger partial charge on any atom is -0.169 e. The Balaban J connectivity index is 2.71. The Morgan fingerprint density at radius 1 is 1.06 bits per heavy atom. The molecule has 2 rings (SSSR count). The number of hydrogen-bond acceptors (Lipinski definition) is 0. The minimum atomic E-state index is -4.28. The monoisotopic (exact) mass is 302 g/mol. The molecule has 1 atom stereocenters. The van der Waals surface area contributed by atoms with Crippen LogP contribution in [0.25, 0.3) is 10.8 Å². The van der Waals surface area contributed by atoms with Crippen molar-refractivity contribution in [2.24, 2.45) is 0 Å². The molecule has 0 radical (unpaired) electrons. The molecule has 0 aliphatic heterocycles. The maximum Gasteiger partial charge on any atom is 0.405 e. The van der Waals surface area contributed by atoms with E-state index in [1.54, 1.807) is 25.1 Å². The highest BCUT2D eigenvalue weighted by molar-refractivity contribution is 9.09. The number of halogens is 4. The summed E-state index contributed by atoms with van der Waals surface area (Å²) >= 11 is 2.75. The average Bonchev–Trinajstić information content (AvgIpc) is 2.27. The zero-order valence-corrected chi connectivity index (χ0v) is 10.6. The fourth-order valence-electron chi connectivity index (χ4n) is 1.90. The Labute approximate surface area is 106 Å². The second-order valence-electron chi connectivity index (χ2n) is 3.92. The van der Waals surface area contributed by atoms with E-state index in [1.807, 2.05) is 18.2 Å². The highest BCUT2D eigenvalue weighted by Gasteiger charge is 2.40. The van der Waals surface area contributed by atoms with E-state index in [4.69, 9.17) is 0 Å². The summed E-state index contributed by atoms with van der Waals surface area (Å²) in [5, 5.41) is 1.47. The molecule has 0 aliphatic rings. The fraction of sp³-hybridized carbons (Fsp3) is 0.231. The van der Waals surface area contributed by atoms with Gasteiger partial charge in [0, 0.05) is 0 Å².